The van der Waals surface area contributed by atoms with E-state index < -0.39 is 0 Å². The molecule has 0 atom stereocenters. The van der Waals surface area contributed by atoms with Crippen LogP contribution in [0.15, 0.2) is 44.5 Å². The maximum Gasteiger partial charge on any atom is 0.0253 e. The average molecular weight is 373 g/mol. The fourth-order valence-electron chi connectivity index (χ4n) is 3.13. The molecule has 0 saturated carbocycles. The van der Waals surface area contributed by atoms with Gasteiger partial charge in [0.2, 0.25) is 0 Å². The van der Waals surface area contributed by atoms with Crippen LogP contribution in [-0.2, 0) is 21.7 Å². The fourth-order valence-corrected chi connectivity index (χ4v) is 3.72. The first-order valence-corrected chi connectivity index (χ1v) is 9.06. The fraction of sp³-hybridized carbons (Fsp3) is 0.579. The zero-order valence-electron chi connectivity index (χ0n) is 13.8. The van der Waals surface area contributed by atoms with E-state index in [4.69, 9.17) is 23.2 Å². The molecule has 0 bridgehead atoms. The standard InChI is InChI=1S/C19H26Cl2.Ti/c1-3-5-7-16-14(9-11-18(16)20)13-15-10-12-19(21)17(15)8-6-4-2;/h9-10H,3-8,11-13H2,1-2H3;. The predicted molar refractivity (Wildman–Crippen MR) is 94.8 cm³/mol. The molecular formula is C19H26Cl2Ti. The van der Waals surface area contributed by atoms with Gasteiger partial charge in [-0.05, 0) is 54.4 Å². The Morgan fingerprint density at radius 2 is 1.23 bits per heavy atom. The molecule has 0 saturated heterocycles. The molecule has 0 N–H and O–H groups in total. The van der Waals surface area contributed by atoms with Gasteiger partial charge in [-0.3, -0.25) is 0 Å². The number of rotatable bonds is 8. The van der Waals surface area contributed by atoms with Crippen LogP contribution in [0.1, 0.15) is 71.6 Å². The van der Waals surface area contributed by atoms with Gasteiger partial charge >= 0.3 is 0 Å². The minimum absolute atomic E-state index is 0. The van der Waals surface area contributed by atoms with Gasteiger partial charge in [0, 0.05) is 44.6 Å². The molecule has 0 aromatic rings. The molecule has 0 nitrogen and oxygen atoms in total. The van der Waals surface area contributed by atoms with Gasteiger partial charge < -0.3 is 0 Å². The maximum absolute atomic E-state index is 6.41. The van der Waals surface area contributed by atoms with Crippen LogP contribution in [0.5, 0.6) is 0 Å². The van der Waals surface area contributed by atoms with Crippen molar-refractivity contribution in [3.8, 4) is 0 Å². The molecule has 0 amide bonds. The van der Waals surface area contributed by atoms with Crippen LogP contribution in [0.3, 0.4) is 0 Å². The largest absolute Gasteiger partial charge is 0.0885 e. The van der Waals surface area contributed by atoms with Crippen LogP contribution in [-0.4, -0.2) is 0 Å². The number of hydrogen-bond donors (Lipinski definition) is 0. The van der Waals surface area contributed by atoms with E-state index in [-0.39, 0.29) is 21.7 Å². The number of unbranched alkanes of at least 4 members (excludes halogenated alkanes) is 2. The predicted octanol–water partition coefficient (Wildman–Crippen LogP) is 7.40. The summed E-state index contributed by atoms with van der Waals surface area (Å²) in [5, 5.41) is 2.12. The quantitative estimate of drug-likeness (QED) is 0.389. The van der Waals surface area contributed by atoms with E-state index in [0.717, 1.165) is 42.2 Å². The topological polar surface area (TPSA) is 0 Å². The summed E-state index contributed by atoms with van der Waals surface area (Å²) in [5.74, 6) is 0. The van der Waals surface area contributed by atoms with Crippen molar-refractivity contribution in [1.29, 1.82) is 0 Å². The Hall–Kier alpha value is 0.254. The van der Waals surface area contributed by atoms with Crippen molar-refractivity contribution in [3.63, 3.8) is 0 Å². The molecule has 3 heteroatoms. The first kappa shape index (κ1) is 20.3. The summed E-state index contributed by atoms with van der Waals surface area (Å²) in [7, 11) is 0. The molecule has 0 spiro atoms. The van der Waals surface area contributed by atoms with Gasteiger partial charge in [0.15, 0.2) is 0 Å². The van der Waals surface area contributed by atoms with Gasteiger partial charge in [0.1, 0.15) is 0 Å². The van der Waals surface area contributed by atoms with E-state index >= 15 is 0 Å². The Morgan fingerprint density at radius 1 is 0.818 bits per heavy atom. The summed E-state index contributed by atoms with van der Waals surface area (Å²) in [6.45, 7) is 4.47. The normalized spacial score (nSPS) is 17.8. The summed E-state index contributed by atoms with van der Waals surface area (Å²) in [6, 6.07) is 0. The van der Waals surface area contributed by atoms with Gasteiger partial charge in [0.05, 0.1) is 0 Å². The van der Waals surface area contributed by atoms with E-state index in [1.165, 1.54) is 48.0 Å². The van der Waals surface area contributed by atoms with Gasteiger partial charge in [-0.25, -0.2) is 0 Å². The summed E-state index contributed by atoms with van der Waals surface area (Å²) in [5.41, 5.74) is 5.69. The van der Waals surface area contributed by atoms with Crippen molar-refractivity contribution >= 4 is 23.2 Å². The van der Waals surface area contributed by atoms with E-state index in [1.54, 1.807) is 0 Å². The van der Waals surface area contributed by atoms with Crippen LogP contribution in [0, 0.1) is 0 Å². The van der Waals surface area contributed by atoms with E-state index in [0.29, 0.717) is 0 Å². The zero-order chi connectivity index (χ0) is 15.2. The summed E-state index contributed by atoms with van der Waals surface area (Å²) in [6.07, 6.45) is 14.6. The van der Waals surface area contributed by atoms with Gasteiger partial charge in [-0.1, -0.05) is 62.0 Å². The minimum atomic E-state index is 0. The number of halogens is 2. The average Bonchev–Trinajstić information content (AvgIpc) is 2.99. The second kappa shape index (κ2) is 10.2. The van der Waals surface area contributed by atoms with Crippen molar-refractivity contribution in [1.82, 2.24) is 0 Å². The molecule has 0 unspecified atom stereocenters. The van der Waals surface area contributed by atoms with Crippen LogP contribution >= 0.6 is 23.2 Å². The monoisotopic (exact) mass is 372 g/mol. The van der Waals surface area contributed by atoms with E-state index in [9.17, 15) is 0 Å². The van der Waals surface area contributed by atoms with Crippen LogP contribution in [0.4, 0.5) is 0 Å². The molecule has 2 aliphatic carbocycles. The molecule has 0 aliphatic heterocycles. The maximum atomic E-state index is 6.41. The Bertz CT molecular complexity index is 464. The van der Waals surface area contributed by atoms with Crippen molar-refractivity contribution < 1.29 is 21.7 Å². The van der Waals surface area contributed by atoms with Crippen molar-refractivity contribution in [2.75, 3.05) is 0 Å². The van der Waals surface area contributed by atoms with Crippen LogP contribution in [0.25, 0.3) is 0 Å². The van der Waals surface area contributed by atoms with Gasteiger partial charge in [-0.15, -0.1) is 0 Å². The minimum Gasteiger partial charge on any atom is -0.0885 e. The Balaban J connectivity index is 0.00000242. The molecule has 22 heavy (non-hydrogen) atoms. The van der Waals surface area contributed by atoms with Gasteiger partial charge in [0.25, 0.3) is 0 Å². The SMILES string of the molecule is CCCCC1=C(Cl)CC=C1CC1=CCC(Cl)=C1CCCC.[Ti]. The molecule has 2 aliphatic rings. The zero-order valence-corrected chi connectivity index (χ0v) is 16.8. The molecule has 0 heterocycles. The third-order valence-corrected chi connectivity index (χ3v) is 5.19. The Labute approximate surface area is 160 Å². The first-order valence-electron chi connectivity index (χ1n) is 8.31. The number of allylic oxidation sites excluding steroid dienone is 8. The molecule has 0 fully saturated rings. The van der Waals surface area contributed by atoms with E-state index in [2.05, 4.69) is 26.0 Å². The third kappa shape index (κ3) is 5.13. The summed E-state index contributed by atoms with van der Waals surface area (Å²) >= 11 is 12.8. The number of hydrogen-bond acceptors (Lipinski definition) is 0. The van der Waals surface area contributed by atoms with Crippen molar-refractivity contribution in [3.05, 3.63) is 44.5 Å². The smallest absolute Gasteiger partial charge is 0.0253 e. The summed E-state index contributed by atoms with van der Waals surface area (Å²) in [4.78, 5) is 0. The molecule has 120 valence electrons. The van der Waals surface area contributed by atoms with Crippen LogP contribution < -0.4 is 0 Å². The second-order valence-corrected chi connectivity index (χ2v) is 6.93. The van der Waals surface area contributed by atoms with E-state index in [1.807, 2.05) is 0 Å². The molecule has 0 aromatic carbocycles. The first-order chi connectivity index (χ1) is 10.2. The Kier molecular flexibility index (Phi) is 9.40. The van der Waals surface area contributed by atoms with Gasteiger partial charge in [-0.2, -0.15) is 0 Å². The molecule has 0 radical (unpaired) electrons. The van der Waals surface area contributed by atoms with Crippen molar-refractivity contribution in [2.45, 2.75) is 71.6 Å². The molecule has 0 aromatic heterocycles. The summed E-state index contributed by atoms with van der Waals surface area (Å²) < 4.78 is 0. The van der Waals surface area contributed by atoms with Crippen LogP contribution in [0.2, 0.25) is 0 Å². The Morgan fingerprint density at radius 3 is 1.59 bits per heavy atom. The third-order valence-electron chi connectivity index (χ3n) is 4.43. The van der Waals surface area contributed by atoms with Crippen molar-refractivity contribution in [2.24, 2.45) is 0 Å². The second-order valence-electron chi connectivity index (χ2n) is 6.02. The molecular weight excluding hydrogens is 347 g/mol. The molecule has 2 rings (SSSR count).